The van der Waals surface area contributed by atoms with E-state index in [1.54, 1.807) is 25.6 Å². The second-order valence-corrected chi connectivity index (χ2v) is 4.92. The molecular weight excluding hydrogens is 262 g/mol. The van der Waals surface area contributed by atoms with Crippen molar-refractivity contribution in [1.82, 2.24) is 4.98 Å². The summed E-state index contributed by atoms with van der Waals surface area (Å²) in [5, 5.41) is 1.87. The van der Waals surface area contributed by atoms with Gasteiger partial charge in [-0.3, -0.25) is 9.78 Å². The van der Waals surface area contributed by atoms with E-state index < -0.39 is 0 Å². The Kier molecular flexibility index (Phi) is 3.40. The lowest BCUT2D eigenvalue weighted by Crippen LogP contribution is -2.04. The van der Waals surface area contributed by atoms with Crippen LogP contribution in [0.25, 0.3) is 10.8 Å². The van der Waals surface area contributed by atoms with Crippen LogP contribution in [0.5, 0.6) is 5.75 Å². The number of pyridine rings is 1. The molecule has 0 bridgehead atoms. The van der Waals surface area contributed by atoms with Crippen molar-refractivity contribution in [2.24, 2.45) is 0 Å². The molecular formula is C18H15NO2. The number of carbonyl (C=O) groups is 1. The van der Waals surface area contributed by atoms with Gasteiger partial charge in [0.2, 0.25) is 0 Å². The Morgan fingerprint density at radius 3 is 2.71 bits per heavy atom. The molecule has 104 valence electrons. The first-order valence-electron chi connectivity index (χ1n) is 6.73. The number of ketones is 1. The van der Waals surface area contributed by atoms with Crippen LogP contribution in [0, 0.1) is 6.92 Å². The summed E-state index contributed by atoms with van der Waals surface area (Å²) in [7, 11) is 1.61. The zero-order valence-electron chi connectivity index (χ0n) is 12.0. The van der Waals surface area contributed by atoms with Gasteiger partial charge in [0.1, 0.15) is 5.75 Å². The molecule has 0 radical (unpaired) electrons. The smallest absolute Gasteiger partial charge is 0.195 e. The molecule has 2 aromatic carbocycles. The topological polar surface area (TPSA) is 39.2 Å². The van der Waals surface area contributed by atoms with Crippen molar-refractivity contribution in [3.8, 4) is 5.75 Å². The van der Waals surface area contributed by atoms with Gasteiger partial charge in [0.25, 0.3) is 0 Å². The van der Waals surface area contributed by atoms with Crippen LogP contribution < -0.4 is 4.74 Å². The highest BCUT2D eigenvalue weighted by Gasteiger charge is 2.14. The standard InChI is InChI=1S/C18H15NO2/c1-12-7-8-13(9-17(12)21-2)18(20)16-11-19-10-14-5-3-4-6-15(14)16/h3-11H,1-2H3. The summed E-state index contributed by atoms with van der Waals surface area (Å²) in [5.74, 6) is 0.673. The Labute approximate surface area is 123 Å². The van der Waals surface area contributed by atoms with Gasteiger partial charge in [0.15, 0.2) is 5.78 Å². The third-order valence-corrected chi connectivity index (χ3v) is 3.58. The van der Waals surface area contributed by atoms with Crippen molar-refractivity contribution in [2.75, 3.05) is 7.11 Å². The number of carbonyl (C=O) groups excluding carboxylic acids is 1. The summed E-state index contributed by atoms with van der Waals surface area (Å²) < 4.78 is 5.29. The fraction of sp³-hybridized carbons (Fsp3) is 0.111. The predicted molar refractivity (Wildman–Crippen MR) is 82.9 cm³/mol. The number of methoxy groups -OCH3 is 1. The molecule has 3 aromatic rings. The van der Waals surface area contributed by atoms with Crippen LogP contribution in [0.2, 0.25) is 0 Å². The van der Waals surface area contributed by atoms with Crippen LogP contribution in [0.4, 0.5) is 0 Å². The van der Waals surface area contributed by atoms with Crippen LogP contribution in [0.1, 0.15) is 21.5 Å². The average Bonchev–Trinajstić information content (AvgIpc) is 2.54. The van der Waals surface area contributed by atoms with Gasteiger partial charge in [-0.1, -0.05) is 36.4 Å². The van der Waals surface area contributed by atoms with E-state index in [1.807, 2.05) is 43.3 Å². The first kappa shape index (κ1) is 13.3. The predicted octanol–water partition coefficient (Wildman–Crippen LogP) is 3.78. The minimum Gasteiger partial charge on any atom is -0.496 e. The van der Waals surface area contributed by atoms with Crippen molar-refractivity contribution in [1.29, 1.82) is 0 Å². The molecule has 3 heteroatoms. The number of hydrogen-bond donors (Lipinski definition) is 0. The van der Waals surface area contributed by atoms with E-state index in [0.717, 1.165) is 16.3 Å². The molecule has 0 N–H and O–H groups in total. The molecule has 1 heterocycles. The molecule has 0 spiro atoms. The molecule has 0 amide bonds. The summed E-state index contributed by atoms with van der Waals surface area (Å²) in [5.41, 5.74) is 2.22. The largest absolute Gasteiger partial charge is 0.496 e. The van der Waals surface area contributed by atoms with Gasteiger partial charge in [-0.15, -0.1) is 0 Å². The number of ether oxygens (including phenoxy) is 1. The van der Waals surface area contributed by atoms with Gasteiger partial charge in [-0.2, -0.15) is 0 Å². The summed E-state index contributed by atoms with van der Waals surface area (Å²) in [6, 6.07) is 13.2. The highest BCUT2D eigenvalue weighted by atomic mass is 16.5. The second kappa shape index (κ2) is 5.37. The van der Waals surface area contributed by atoms with E-state index in [2.05, 4.69) is 4.98 Å². The third kappa shape index (κ3) is 2.38. The van der Waals surface area contributed by atoms with E-state index in [-0.39, 0.29) is 5.78 Å². The quantitative estimate of drug-likeness (QED) is 0.684. The van der Waals surface area contributed by atoms with E-state index in [4.69, 9.17) is 4.74 Å². The Morgan fingerprint density at radius 2 is 1.90 bits per heavy atom. The van der Waals surface area contributed by atoms with Gasteiger partial charge in [-0.25, -0.2) is 0 Å². The lowest BCUT2D eigenvalue weighted by Gasteiger charge is -2.08. The van der Waals surface area contributed by atoms with Crippen molar-refractivity contribution in [3.05, 3.63) is 71.5 Å². The minimum atomic E-state index is -0.0439. The molecule has 0 saturated carbocycles. The third-order valence-electron chi connectivity index (χ3n) is 3.58. The van der Waals surface area contributed by atoms with Gasteiger partial charge in [0.05, 0.1) is 7.11 Å². The summed E-state index contributed by atoms with van der Waals surface area (Å²) in [6.45, 7) is 1.95. The van der Waals surface area contributed by atoms with Crippen LogP contribution in [-0.2, 0) is 0 Å². The molecule has 21 heavy (non-hydrogen) atoms. The molecule has 3 nitrogen and oxygen atoms in total. The normalized spacial score (nSPS) is 10.6. The van der Waals surface area contributed by atoms with Gasteiger partial charge < -0.3 is 4.74 Å². The maximum Gasteiger partial charge on any atom is 0.195 e. The molecule has 0 aliphatic carbocycles. The Morgan fingerprint density at radius 1 is 1.10 bits per heavy atom. The van der Waals surface area contributed by atoms with E-state index >= 15 is 0 Å². The second-order valence-electron chi connectivity index (χ2n) is 4.92. The van der Waals surface area contributed by atoms with Crippen molar-refractivity contribution in [3.63, 3.8) is 0 Å². The number of aryl methyl sites for hydroxylation is 1. The number of nitrogens with zero attached hydrogens (tertiary/aromatic N) is 1. The Bertz CT molecular complexity index is 819. The van der Waals surface area contributed by atoms with E-state index in [0.29, 0.717) is 16.9 Å². The Hall–Kier alpha value is -2.68. The average molecular weight is 277 g/mol. The highest BCUT2D eigenvalue weighted by Crippen LogP contribution is 2.24. The number of rotatable bonds is 3. The first-order valence-corrected chi connectivity index (χ1v) is 6.73. The lowest BCUT2D eigenvalue weighted by molar-refractivity contribution is 0.103. The molecule has 1 aromatic heterocycles. The fourth-order valence-corrected chi connectivity index (χ4v) is 2.41. The molecule has 0 aliphatic heterocycles. The molecule has 0 fully saturated rings. The Balaban J connectivity index is 2.13. The lowest BCUT2D eigenvalue weighted by atomic mass is 9.98. The number of hydrogen-bond acceptors (Lipinski definition) is 3. The fourth-order valence-electron chi connectivity index (χ4n) is 2.41. The number of fused-ring (bicyclic) bond motifs is 1. The minimum absolute atomic E-state index is 0.0439. The zero-order chi connectivity index (χ0) is 14.8. The molecule has 3 rings (SSSR count). The molecule has 0 unspecified atom stereocenters. The van der Waals surface area contributed by atoms with Gasteiger partial charge >= 0.3 is 0 Å². The summed E-state index contributed by atoms with van der Waals surface area (Å²) in [6.07, 6.45) is 3.39. The van der Waals surface area contributed by atoms with Crippen molar-refractivity contribution >= 4 is 16.6 Å². The molecule has 0 aliphatic rings. The van der Waals surface area contributed by atoms with Crippen molar-refractivity contribution < 1.29 is 9.53 Å². The summed E-state index contributed by atoms with van der Waals surface area (Å²) in [4.78, 5) is 16.9. The highest BCUT2D eigenvalue weighted by molar-refractivity contribution is 6.16. The van der Waals surface area contributed by atoms with Crippen LogP contribution in [-0.4, -0.2) is 17.9 Å². The first-order chi connectivity index (χ1) is 10.2. The monoisotopic (exact) mass is 277 g/mol. The maximum absolute atomic E-state index is 12.7. The molecule has 0 atom stereocenters. The van der Waals surface area contributed by atoms with Gasteiger partial charge in [0, 0.05) is 28.9 Å². The molecule has 0 saturated heterocycles. The summed E-state index contributed by atoms with van der Waals surface area (Å²) >= 11 is 0. The van der Waals surface area contributed by atoms with Gasteiger partial charge in [-0.05, 0) is 23.9 Å². The van der Waals surface area contributed by atoms with E-state index in [9.17, 15) is 4.79 Å². The number of aromatic nitrogens is 1. The van der Waals surface area contributed by atoms with E-state index in [1.165, 1.54) is 0 Å². The van der Waals surface area contributed by atoms with Crippen LogP contribution in [0.3, 0.4) is 0 Å². The number of benzene rings is 2. The van der Waals surface area contributed by atoms with Crippen molar-refractivity contribution in [2.45, 2.75) is 6.92 Å². The maximum atomic E-state index is 12.7. The van der Waals surface area contributed by atoms with Crippen LogP contribution >= 0.6 is 0 Å². The SMILES string of the molecule is COc1cc(C(=O)c2cncc3ccccc23)ccc1C. The van der Waals surface area contributed by atoms with Crippen LogP contribution in [0.15, 0.2) is 54.9 Å². The zero-order valence-corrected chi connectivity index (χ0v) is 12.0.